The maximum Gasteiger partial charge on any atom is 1.00 e. The molecule has 0 unspecified atom stereocenters. The molecular formula is As5F5Li10O15. The Morgan fingerprint density at radius 3 is 0.257 bits per heavy atom. The minimum Gasteiger partial charge on any atom is 1.00 e. The Kier molecular flexibility index (Phi) is 133. The molecule has 0 saturated carbocycles. The molecule has 0 aromatic heterocycles. The summed E-state index contributed by atoms with van der Waals surface area (Å²) in [5, 5.41) is 0. The van der Waals surface area contributed by atoms with E-state index in [0.29, 0.717) is 0 Å². The Hall–Kier alpha value is 7.02. The maximum absolute atomic E-state index is 10.2. The van der Waals surface area contributed by atoms with E-state index in [9.17, 15) is 17.3 Å². The SMILES string of the molecule is O=[As]([O-])([O-])F.O=[As]([O-])([O-])F.O=[As]([O-])([O-])F.O=[As]([O-])([O-])F.O=[As]([O-])([O-])F.[Li+].[Li+].[Li+].[Li+].[Li+].[Li+].[Li+].[Li+].[Li+].[Li+]. The molecule has 0 atom stereocenters. The van der Waals surface area contributed by atoms with Crippen LogP contribution in [-0.4, -0.2) is 73.2 Å². The molecule has 0 aromatic rings. The van der Waals surface area contributed by atoms with Crippen molar-refractivity contribution in [2.75, 3.05) is 0 Å². The molecule has 35 heteroatoms. The largest absolute Gasteiger partial charge is 1.00 e. The van der Waals surface area contributed by atoms with Crippen molar-refractivity contribution >= 4 is 73.2 Å². The van der Waals surface area contributed by atoms with E-state index in [1.165, 1.54) is 0 Å². The molecule has 0 aliphatic heterocycles. The fourth-order valence-electron chi connectivity index (χ4n) is 0. The van der Waals surface area contributed by atoms with Crippen molar-refractivity contribution in [3.8, 4) is 0 Å². The van der Waals surface area contributed by atoms with Gasteiger partial charge in [-0.05, 0) is 0 Å². The third-order valence-electron chi connectivity index (χ3n) is 0. The first kappa shape index (κ1) is 96.8. The third-order valence-corrected chi connectivity index (χ3v) is 0. The summed E-state index contributed by atoms with van der Waals surface area (Å²) in [5.41, 5.74) is 0. The van der Waals surface area contributed by atoms with Crippen molar-refractivity contribution < 1.29 is 266 Å². The van der Waals surface area contributed by atoms with Crippen molar-refractivity contribution in [3.05, 3.63) is 0 Å². The Labute approximate surface area is 332 Å². The van der Waals surface area contributed by atoms with Gasteiger partial charge >= 0.3 is 339 Å². The summed E-state index contributed by atoms with van der Waals surface area (Å²) >= 11 is -30.6. The van der Waals surface area contributed by atoms with Crippen LogP contribution in [0.5, 0.6) is 0 Å². The van der Waals surface area contributed by atoms with Crippen LogP contribution in [0, 0.1) is 0 Å². The Bertz CT molecular complexity index is 411. The molecule has 0 saturated heterocycles. The van der Waals surface area contributed by atoms with Gasteiger partial charge in [0.1, 0.15) is 0 Å². The van der Waals surface area contributed by atoms with Gasteiger partial charge in [0.15, 0.2) is 0 Å². The second-order valence-electron chi connectivity index (χ2n) is 2.15. The molecule has 0 aromatic carbocycles. The molecule has 0 N–H and O–H groups in total. The predicted molar refractivity (Wildman–Crippen MR) is 37.7 cm³/mol. The average molecular weight is 779 g/mol. The molecule has 160 valence electrons. The van der Waals surface area contributed by atoms with Gasteiger partial charge in [0.05, 0.1) is 0 Å². The molecular weight excluding hydrogens is 779 g/mol. The second kappa shape index (κ2) is 47.9. The van der Waals surface area contributed by atoms with E-state index in [1.54, 1.807) is 0 Å². The molecule has 0 aliphatic carbocycles. The zero-order valence-electron chi connectivity index (χ0n) is 20.2. The molecule has 0 spiro atoms. The van der Waals surface area contributed by atoms with Gasteiger partial charge in [-0.1, -0.05) is 0 Å². The second-order valence-corrected chi connectivity index (χ2v) is 11.2. The zero-order chi connectivity index (χ0) is 22.5. The van der Waals surface area contributed by atoms with Crippen LogP contribution in [0.15, 0.2) is 0 Å². The van der Waals surface area contributed by atoms with Gasteiger partial charge < -0.3 is 0 Å². The molecule has 0 heterocycles. The van der Waals surface area contributed by atoms with E-state index in [1.807, 2.05) is 0 Å². The van der Waals surface area contributed by atoms with Gasteiger partial charge in [-0.2, -0.15) is 0 Å². The zero-order valence-corrected chi connectivity index (χ0v) is 29.6. The molecule has 0 bridgehead atoms. The summed E-state index contributed by atoms with van der Waals surface area (Å²) in [7, 11) is 0. The van der Waals surface area contributed by atoms with Crippen LogP contribution in [0.4, 0.5) is 17.3 Å². The molecule has 35 heavy (non-hydrogen) atoms. The van der Waals surface area contributed by atoms with Crippen molar-refractivity contribution in [2.24, 2.45) is 0 Å². The van der Waals surface area contributed by atoms with E-state index in [-0.39, 0.29) is 189 Å². The molecule has 0 rings (SSSR count). The van der Waals surface area contributed by atoms with Crippen LogP contribution >= 0.6 is 0 Å². The van der Waals surface area contributed by atoms with Crippen LogP contribution in [0.25, 0.3) is 0 Å². The maximum atomic E-state index is 10.2. The Morgan fingerprint density at radius 1 is 0.257 bits per heavy atom. The summed E-state index contributed by atoms with van der Waals surface area (Å²) in [5.74, 6) is 0. The first-order valence-electron chi connectivity index (χ1n) is 3.58. The van der Waals surface area contributed by atoms with Gasteiger partial charge in [-0.25, -0.2) is 0 Å². The van der Waals surface area contributed by atoms with Crippen LogP contribution in [0.1, 0.15) is 0 Å². The quantitative estimate of drug-likeness (QED) is 0.163. The van der Waals surface area contributed by atoms with Gasteiger partial charge in [0.2, 0.25) is 0 Å². The van der Waals surface area contributed by atoms with Gasteiger partial charge in [0, 0.05) is 0 Å². The summed E-state index contributed by atoms with van der Waals surface area (Å²) in [6, 6.07) is 0. The van der Waals surface area contributed by atoms with Crippen LogP contribution in [-0.2, 0) is 18.7 Å². The molecule has 0 amide bonds. The number of rotatable bonds is 0. The Balaban J connectivity index is -0.0000000103. The fraction of sp³-hybridized carbons (Fsp3) is 0. The third kappa shape index (κ3) is 1270. The summed E-state index contributed by atoms with van der Waals surface area (Å²) < 4.78 is 178. The fourth-order valence-corrected chi connectivity index (χ4v) is 0. The molecule has 0 fully saturated rings. The summed E-state index contributed by atoms with van der Waals surface area (Å²) in [4.78, 5) is 0. The van der Waals surface area contributed by atoms with Crippen LogP contribution in [0.3, 0.4) is 0 Å². The van der Waals surface area contributed by atoms with Crippen LogP contribution < -0.4 is 230 Å². The first-order chi connectivity index (χ1) is 10.0. The summed E-state index contributed by atoms with van der Waals surface area (Å²) in [6.45, 7) is 0. The van der Waals surface area contributed by atoms with Crippen molar-refractivity contribution in [3.63, 3.8) is 0 Å². The first-order valence-corrected chi connectivity index (χ1v) is 18.6. The average Bonchev–Trinajstić information content (AvgIpc) is 1.79. The topological polar surface area (TPSA) is 316 Å². The predicted octanol–water partition coefficient (Wildman–Crippen LogP) is -42.2. The van der Waals surface area contributed by atoms with E-state index >= 15 is 0 Å². The van der Waals surface area contributed by atoms with Gasteiger partial charge in [-0.15, -0.1) is 0 Å². The minimum atomic E-state index is -6.12. The molecule has 15 nitrogen and oxygen atoms in total. The molecule has 0 aliphatic rings. The van der Waals surface area contributed by atoms with Gasteiger partial charge in [0.25, 0.3) is 0 Å². The van der Waals surface area contributed by atoms with E-state index < -0.39 is 73.2 Å². The molecule has 0 radical (unpaired) electrons. The van der Waals surface area contributed by atoms with E-state index in [4.69, 9.17) is 59.7 Å². The normalized spacial score (nSPS) is 8.43. The van der Waals surface area contributed by atoms with Crippen LogP contribution in [0.2, 0.25) is 0 Å². The number of hydrogen-bond acceptors (Lipinski definition) is 15. The monoisotopic (exact) mass is 780 g/mol. The van der Waals surface area contributed by atoms with E-state index in [0.717, 1.165) is 0 Å². The smallest absolute Gasteiger partial charge is 1.00 e. The number of hydrogen-bond donors (Lipinski definition) is 0. The van der Waals surface area contributed by atoms with Crippen molar-refractivity contribution in [1.29, 1.82) is 0 Å². The number of halogens is 5. The minimum absolute atomic E-state index is 0. The standard InChI is InChI=1S/5AsFH2O3.10Li/c5*2-1(3,4)5;;;;;;;;;;/h5*(H2,3,4,5);;;;;;;;;;/q;;;;;10*+1/p-10. The summed E-state index contributed by atoms with van der Waals surface area (Å²) in [6.07, 6.45) is 0. The Morgan fingerprint density at radius 2 is 0.257 bits per heavy atom. The van der Waals surface area contributed by atoms with Crippen molar-refractivity contribution in [2.45, 2.75) is 0 Å². The van der Waals surface area contributed by atoms with Gasteiger partial charge in [-0.3, -0.25) is 0 Å². The van der Waals surface area contributed by atoms with E-state index in [2.05, 4.69) is 0 Å². The van der Waals surface area contributed by atoms with Crippen molar-refractivity contribution in [1.82, 2.24) is 0 Å².